The van der Waals surface area contributed by atoms with Crippen molar-refractivity contribution in [2.75, 3.05) is 13.1 Å². The zero-order valence-corrected chi connectivity index (χ0v) is 16.0. The topological polar surface area (TPSA) is 58.0 Å². The van der Waals surface area contributed by atoms with Crippen molar-refractivity contribution in [2.24, 2.45) is 0 Å². The van der Waals surface area contributed by atoms with E-state index >= 15 is 0 Å². The number of pyridine rings is 1. The molecule has 5 nitrogen and oxygen atoms in total. The van der Waals surface area contributed by atoms with Crippen molar-refractivity contribution in [1.29, 1.82) is 0 Å². The van der Waals surface area contributed by atoms with Crippen molar-refractivity contribution < 1.29 is 4.52 Å². The van der Waals surface area contributed by atoms with Crippen molar-refractivity contribution in [3.05, 3.63) is 77.4 Å². The molecule has 0 amide bonds. The van der Waals surface area contributed by atoms with Gasteiger partial charge < -0.3 is 9.51 Å². The lowest BCUT2D eigenvalue weighted by Gasteiger charge is -2.25. The average molecular weight is 391 g/mol. The fourth-order valence-electron chi connectivity index (χ4n) is 3.77. The summed E-state index contributed by atoms with van der Waals surface area (Å²) in [6, 6.07) is 11.9. The number of aromatic amines is 1. The molecule has 0 radical (unpaired) electrons. The van der Waals surface area contributed by atoms with E-state index in [1.165, 1.54) is 16.5 Å². The van der Waals surface area contributed by atoms with Gasteiger partial charge in [0, 0.05) is 53.6 Å². The zero-order chi connectivity index (χ0) is 18.9. The van der Waals surface area contributed by atoms with Gasteiger partial charge in [0.2, 0.25) is 0 Å². The predicted molar refractivity (Wildman–Crippen MR) is 111 cm³/mol. The molecule has 1 aliphatic rings. The molecule has 0 spiro atoms. The molecule has 0 saturated heterocycles. The molecule has 0 fully saturated rings. The van der Waals surface area contributed by atoms with Crippen LogP contribution in [0, 0.1) is 0 Å². The third-order valence-corrected chi connectivity index (χ3v) is 5.52. The fraction of sp³-hybridized carbons (Fsp3) is 0.182. The number of aromatic nitrogens is 3. The van der Waals surface area contributed by atoms with E-state index < -0.39 is 0 Å². The minimum absolute atomic E-state index is 0.725. The van der Waals surface area contributed by atoms with Gasteiger partial charge in [-0.25, -0.2) is 4.98 Å². The van der Waals surface area contributed by atoms with Crippen molar-refractivity contribution in [2.45, 2.75) is 13.0 Å². The minimum atomic E-state index is 0.725. The molecule has 1 aromatic carbocycles. The monoisotopic (exact) mass is 390 g/mol. The SMILES string of the molecule is Clc1ccc(-c2conc2CN2CC=C(c3c[nH]c4ncccc34)CC2)cc1. The Morgan fingerprint density at radius 2 is 2.04 bits per heavy atom. The van der Waals surface area contributed by atoms with Gasteiger partial charge in [0.25, 0.3) is 0 Å². The van der Waals surface area contributed by atoms with Crippen LogP contribution in [-0.4, -0.2) is 33.1 Å². The Bertz CT molecular complexity index is 1140. The molecule has 6 heteroatoms. The maximum absolute atomic E-state index is 6.00. The van der Waals surface area contributed by atoms with E-state index in [0.29, 0.717) is 0 Å². The van der Waals surface area contributed by atoms with Crippen molar-refractivity contribution >= 4 is 28.2 Å². The Balaban J connectivity index is 1.33. The third-order valence-electron chi connectivity index (χ3n) is 5.26. The number of benzene rings is 1. The normalized spacial score (nSPS) is 15.1. The highest BCUT2D eigenvalue weighted by Crippen LogP contribution is 2.30. The van der Waals surface area contributed by atoms with Crippen LogP contribution >= 0.6 is 11.6 Å². The molecule has 3 aromatic heterocycles. The lowest BCUT2D eigenvalue weighted by molar-refractivity contribution is 0.282. The lowest BCUT2D eigenvalue weighted by Crippen LogP contribution is -2.28. The first kappa shape index (κ1) is 17.2. The van der Waals surface area contributed by atoms with E-state index in [0.717, 1.165) is 53.5 Å². The van der Waals surface area contributed by atoms with E-state index in [-0.39, 0.29) is 0 Å². The zero-order valence-electron chi connectivity index (χ0n) is 15.2. The molecular weight excluding hydrogens is 372 g/mol. The molecule has 0 saturated carbocycles. The van der Waals surface area contributed by atoms with Crippen molar-refractivity contribution in [1.82, 2.24) is 20.0 Å². The van der Waals surface area contributed by atoms with E-state index in [1.54, 1.807) is 6.26 Å². The number of nitrogens with one attached hydrogen (secondary N) is 1. The van der Waals surface area contributed by atoms with E-state index in [4.69, 9.17) is 16.1 Å². The average Bonchev–Trinajstić information content (AvgIpc) is 3.36. The Morgan fingerprint density at radius 3 is 2.86 bits per heavy atom. The number of hydrogen-bond donors (Lipinski definition) is 1. The lowest BCUT2D eigenvalue weighted by atomic mass is 9.99. The van der Waals surface area contributed by atoms with Crippen LogP contribution in [0.25, 0.3) is 27.7 Å². The molecule has 4 aromatic rings. The first-order valence-corrected chi connectivity index (χ1v) is 9.69. The van der Waals surface area contributed by atoms with Gasteiger partial charge in [-0.3, -0.25) is 4.90 Å². The number of rotatable bonds is 4. The van der Waals surface area contributed by atoms with Crippen LogP contribution < -0.4 is 0 Å². The smallest absolute Gasteiger partial charge is 0.137 e. The summed E-state index contributed by atoms with van der Waals surface area (Å²) in [6.45, 7) is 2.62. The molecule has 0 bridgehead atoms. The van der Waals surface area contributed by atoms with Gasteiger partial charge in [-0.1, -0.05) is 35.0 Å². The molecule has 4 heterocycles. The molecule has 0 atom stereocenters. The van der Waals surface area contributed by atoms with Crippen LogP contribution in [0.2, 0.25) is 5.02 Å². The standard InChI is InChI=1S/C22H19ClN4O/c23-17-5-3-15(4-6-17)20-14-28-26-21(20)13-27-10-7-16(8-11-27)19-12-25-22-18(19)2-1-9-24-22/h1-7,9,12,14H,8,10-11,13H2,(H,24,25). The Labute approximate surface area is 167 Å². The second kappa shape index (κ2) is 7.26. The third kappa shape index (κ3) is 3.23. The second-order valence-electron chi connectivity index (χ2n) is 7.00. The highest BCUT2D eigenvalue weighted by atomic mass is 35.5. The van der Waals surface area contributed by atoms with Gasteiger partial charge in [0.1, 0.15) is 17.6 Å². The number of halogens is 1. The number of nitrogens with zero attached hydrogens (tertiary/aromatic N) is 3. The van der Waals surface area contributed by atoms with Gasteiger partial charge in [-0.2, -0.15) is 0 Å². The number of H-pyrrole nitrogens is 1. The van der Waals surface area contributed by atoms with Gasteiger partial charge in [-0.05, 0) is 41.8 Å². The number of fused-ring (bicyclic) bond motifs is 1. The summed E-state index contributed by atoms with van der Waals surface area (Å²) >= 11 is 6.00. The van der Waals surface area contributed by atoms with Crippen molar-refractivity contribution in [3.63, 3.8) is 0 Å². The molecule has 5 rings (SSSR count). The summed E-state index contributed by atoms with van der Waals surface area (Å²) in [6.07, 6.45) is 8.89. The van der Waals surface area contributed by atoms with E-state index in [2.05, 4.69) is 38.4 Å². The Kier molecular flexibility index (Phi) is 4.47. The molecule has 140 valence electrons. The molecule has 0 aliphatic carbocycles. The molecule has 1 aliphatic heterocycles. The molecular formula is C22H19ClN4O. The van der Waals surface area contributed by atoms with Crippen LogP contribution in [0.4, 0.5) is 0 Å². The maximum atomic E-state index is 6.00. The summed E-state index contributed by atoms with van der Waals surface area (Å²) in [5.41, 5.74) is 6.61. The van der Waals surface area contributed by atoms with Gasteiger partial charge in [0.05, 0.1) is 0 Å². The molecule has 1 N–H and O–H groups in total. The fourth-order valence-corrected chi connectivity index (χ4v) is 3.90. The highest BCUT2D eigenvalue weighted by Gasteiger charge is 2.19. The summed E-state index contributed by atoms with van der Waals surface area (Å²) in [5.74, 6) is 0. The number of hydrogen-bond acceptors (Lipinski definition) is 4. The summed E-state index contributed by atoms with van der Waals surface area (Å²) in [7, 11) is 0. The highest BCUT2D eigenvalue weighted by molar-refractivity contribution is 6.30. The Morgan fingerprint density at radius 1 is 1.14 bits per heavy atom. The van der Waals surface area contributed by atoms with Crippen LogP contribution in [0.15, 0.2) is 65.7 Å². The van der Waals surface area contributed by atoms with Crippen LogP contribution in [-0.2, 0) is 6.54 Å². The predicted octanol–water partition coefficient (Wildman–Crippen LogP) is 5.16. The first-order valence-electron chi connectivity index (χ1n) is 9.31. The first-order chi connectivity index (χ1) is 13.8. The van der Waals surface area contributed by atoms with Gasteiger partial charge >= 0.3 is 0 Å². The summed E-state index contributed by atoms with van der Waals surface area (Å²) in [4.78, 5) is 10.0. The summed E-state index contributed by atoms with van der Waals surface area (Å²) < 4.78 is 5.26. The quantitative estimate of drug-likeness (QED) is 0.522. The molecule has 28 heavy (non-hydrogen) atoms. The largest absolute Gasteiger partial charge is 0.364 e. The van der Waals surface area contributed by atoms with Crippen LogP contribution in [0.1, 0.15) is 17.7 Å². The van der Waals surface area contributed by atoms with Crippen molar-refractivity contribution in [3.8, 4) is 11.1 Å². The van der Waals surface area contributed by atoms with E-state index in [9.17, 15) is 0 Å². The van der Waals surface area contributed by atoms with E-state index in [1.807, 2.05) is 36.5 Å². The maximum Gasteiger partial charge on any atom is 0.137 e. The molecule has 0 unspecified atom stereocenters. The van der Waals surface area contributed by atoms with Gasteiger partial charge in [-0.15, -0.1) is 0 Å². The minimum Gasteiger partial charge on any atom is -0.364 e. The van der Waals surface area contributed by atoms with Gasteiger partial charge in [0.15, 0.2) is 0 Å². The Hall–Kier alpha value is -2.89. The summed E-state index contributed by atoms with van der Waals surface area (Å²) in [5, 5.41) is 6.14. The second-order valence-corrected chi connectivity index (χ2v) is 7.43. The van der Waals surface area contributed by atoms with Crippen LogP contribution in [0.5, 0.6) is 0 Å². The van der Waals surface area contributed by atoms with Crippen LogP contribution in [0.3, 0.4) is 0 Å².